The van der Waals surface area contributed by atoms with E-state index in [-0.39, 0.29) is 18.0 Å². The van der Waals surface area contributed by atoms with E-state index in [0.29, 0.717) is 34.2 Å². The van der Waals surface area contributed by atoms with Gasteiger partial charge in [0, 0.05) is 31.4 Å². The molecule has 0 aromatic heterocycles. The predicted octanol–water partition coefficient (Wildman–Crippen LogP) is 3.21. The number of allylic oxidation sites excluding steroid dienone is 1. The van der Waals surface area contributed by atoms with E-state index in [9.17, 15) is 19.7 Å². The molecule has 0 spiro atoms. The van der Waals surface area contributed by atoms with Crippen LogP contribution in [0.3, 0.4) is 0 Å². The Morgan fingerprint density at radius 2 is 2.00 bits per heavy atom. The second-order valence-corrected chi connectivity index (χ2v) is 7.65. The van der Waals surface area contributed by atoms with Crippen LogP contribution in [-0.4, -0.2) is 52.5 Å². The van der Waals surface area contributed by atoms with Crippen molar-refractivity contribution in [1.82, 2.24) is 9.80 Å². The number of ether oxygens (including phenoxy) is 1. The number of thioether (sulfide) groups is 1. The average Bonchev–Trinajstić information content (AvgIpc) is 3.13. The minimum Gasteiger partial charge on any atom is -0.466 e. The molecule has 10 heteroatoms. The van der Waals surface area contributed by atoms with Crippen molar-refractivity contribution in [2.45, 2.75) is 26.3 Å². The molecule has 2 aliphatic rings. The van der Waals surface area contributed by atoms with Crippen molar-refractivity contribution in [3.05, 3.63) is 62.3 Å². The largest absolute Gasteiger partial charge is 0.466 e. The number of esters is 1. The van der Waals surface area contributed by atoms with Crippen molar-refractivity contribution in [2.75, 3.05) is 20.7 Å². The Morgan fingerprint density at radius 1 is 1.33 bits per heavy atom. The molecule has 30 heavy (non-hydrogen) atoms. The molecule has 1 atom stereocenters. The van der Waals surface area contributed by atoms with Crippen molar-refractivity contribution in [3.8, 4) is 0 Å². The van der Waals surface area contributed by atoms with E-state index in [2.05, 4.69) is 4.99 Å². The van der Waals surface area contributed by atoms with Crippen LogP contribution in [0.1, 0.15) is 31.9 Å². The molecule has 1 aromatic rings. The lowest BCUT2D eigenvalue weighted by molar-refractivity contribution is -0.384. The molecule has 2 heterocycles. The number of rotatable bonds is 6. The number of carbonyl (C=O) groups excluding carboxylic acids is 2. The molecule has 0 saturated carbocycles. The summed E-state index contributed by atoms with van der Waals surface area (Å²) in [6.07, 6.45) is 0.146. The fourth-order valence-electron chi connectivity index (χ4n) is 3.30. The van der Waals surface area contributed by atoms with Gasteiger partial charge in [0.2, 0.25) is 5.91 Å². The van der Waals surface area contributed by atoms with Gasteiger partial charge in [-0.25, -0.2) is 9.79 Å². The van der Waals surface area contributed by atoms with E-state index in [1.807, 2.05) is 17.2 Å². The number of fused-ring (bicyclic) bond motifs is 1. The van der Waals surface area contributed by atoms with Crippen LogP contribution in [0.5, 0.6) is 0 Å². The summed E-state index contributed by atoms with van der Waals surface area (Å²) in [5.41, 5.74) is 2.17. The Labute approximate surface area is 178 Å². The number of aliphatic imine (C=N–C) groups is 1. The van der Waals surface area contributed by atoms with Crippen LogP contribution in [-0.2, 0) is 14.3 Å². The van der Waals surface area contributed by atoms with Crippen molar-refractivity contribution in [3.63, 3.8) is 0 Å². The van der Waals surface area contributed by atoms with Crippen molar-refractivity contribution >= 4 is 34.5 Å². The number of methoxy groups -OCH3 is 1. The maximum Gasteiger partial charge on any atom is 0.338 e. The summed E-state index contributed by atoms with van der Waals surface area (Å²) in [7, 11) is 3.03. The molecule has 0 bridgehead atoms. The lowest BCUT2D eigenvalue weighted by atomic mass is 9.93. The van der Waals surface area contributed by atoms with Gasteiger partial charge in [-0.05, 0) is 37.0 Å². The zero-order valence-corrected chi connectivity index (χ0v) is 17.9. The maximum atomic E-state index is 12.6. The molecule has 1 amide bonds. The van der Waals surface area contributed by atoms with Crippen LogP contribution < -0.4 is 0 Å². The first-order valence-corrected chi connectivity index (χ1v) is 10.2. The summed E-state index contributed by atoms with van der Waals surface area (Å²) in [5, 5.41) is 13.5. The van der Waals surface area contributed by atoms with Gasteiger partial charge in [0.05, 0.1) is 35.8 Å². The second kappa shape index (κ2) is 8.70. The first kappa shape index (κ1) is 21.6. The molecule has 158 valence electrons. The number of amides is 1. The third kappa shape index (κ3) is 3.95. The van der Waals surface area contributed by atoms with Crippen molar-refractivity contribution < 1.29 is 19.2 Å². The predicted molar refractivity (Wildman–Crippen MR) is 113 cm³/mol. The SMILES string of the molecule is CCN(C)C(=O)CC1=CSC2=NC(C)=C(C(=O)OC)C(c3ccc([N+](=O)[O-])cc3)N12. The van der Waals surface area contributed by atoms with Crippen molar-refractivity contribution in [1.29, 1.82) is 0 Å². The number of carbonyl (C=O) groups is 2. The Balaban J connectivity index is 2.06. The summed E-state index contributed by atoms with van der Waals surface area (Å²) in [5.74, 6) is -0.592. The smallest absolute Gasteiger partial charge is 0.338 e. The number of nitro benzene ring substituents is 1. The Hall–Kier alpha value is -3.14. The van der Waals surface area contributed by atoms with E-state index in [1.54, 1.807) is 31.0 Å². The third-order valence-corrected chi connectivity index (χ3v) is 5.95. The summed E-state index contributed by atoms with van der Waals surface area (Å²) >= 11 is 1.38. The van der Waals surface area contributed by atoms with Crippen LogP contribution in [0.15, 0.2) is 51.6 Å². The van der Waals surface area contributed by atoms with Crippen LogP contribution in [0.25, 0.3) is 0 Å². The molecule has 9 nitrogen and oxygen atoms in total. The van der Waals surface area contributed by atoms with Gasteiger partial charge in [-0.3, -0.25) is 14.9 Å². The van der Waals surface area contributed by atoms with Gasteiger partial charge in [0.1, 0.15) is 0 Å². The first-order chi connectivity index (χ1) is 14.3. The lowest BCUT2D eigenvalue weighted by Gasteiger charge is -2.36. The molecular formula is C20H22N4O5S. The molecule has 0 aliphatic carbocycles. The third-order valence-electron chi connectivity index (χ3n) is 5.06. The maximum absolute atomic E-state index is 12.6. The van der Waals surface area contributed by atoms with E-state index in [0.717, 1.165) is 0 Å². The molecule has 3 rings (SSSR count). The lowest BCUT2D eigenvalue weighted by Crippen LogP contribution is -2.38. The fourth-order valence-corrected chi connectivity index (χ4v) is 4.26. The van der Waals surface area contributed by atoms with Crippen LogP contribution in [0.2, 0.25) is 0 Å². The zero-order valence-electron chi connectivity index (χ0n) is 17.1. The first-order valence-electron chi connectivity index (χ1n) is 9.29. The number of amidine groups is 1. The van der Waals surface area contributed by atoms with E-state index < -0.39 is 16.9 Å². The summed E-state index contributed by atoms with van der Waals surface area (Å²) in [6, 6.07) is 5.42. The highest BCUT2D eigenvalue weighted by molar-refractivity contribution is 8.16. The highest BCUT2D eigenvalue weighted by atomic mass is 32.2. The Bertz CT molecular complexity index is 983. The quantitative estimate of drug-likeness (QED) is 0.388. The minimum atomic E-state index is -0.605. The molecular weight excluding hydrogens is 408 g/mol. The van der Waals surface area contributed by atoms with Gasteiger partial charge in [-0.2, -0.15) is 0 Å². The molecule has 0 radical (unpaired) electrons. The second-order valence-electron chi connectivity index (χ2n) is 6.82. The number of hydrogen-bond acceptors (Lipinski definition) is 8. The van der Waals surface area contributed by atoms with Crippen LogP contribution in [0, 0.1) is 10.1 Å². The molecule has 1 unspecified atom stereocenters. The fraction of sp³-hybridized carbons (Fsp3) is 0.350. The highest BCUT2D eigenvalue weighted by Crippen LogP contribution is 2.45. The van der Waals surface area contributed by atoms with E-state index >= 15 is 0 Å². The highest BCUT2D eigenvalue weighted by Gasteiger charge is 2.41. The van der Waals surface area contributed by atoms with Crippen LogP contribution >= 0.6 is 11.8 Å². The van der Waals surface area contributed by atoms with Gasteiger partial charge in [-0.15, -0.1) is 0 Å². The molecule has 2 aliphatic heterocycles. The summed E-state index contributed by atoms with van der Waals surface area (Å²) < 4.78 is 4.99. The Morgan fingerprint density at radius 3 is 2.57 bits per heavy atom. The normalized spacial score (nSPS) is 17.9. The summed E-state index contributed by atoms with van der Waals surface area (Å²) in [4.78, 5) is 43.7. The van der Waals surface area contributed by atoms with Gasteiger partial charge in [0.15, 0.2) is 5.17 Å². The number of non-ortho nitro benzene ring substituents is 1. The Kier molecular flexibility index (Phi) is 6.25. The van der Waals surface area contributed by atoms with Gasteiger partial charge in [0.25, 0.3) is 5.69 Å². The van der Waals surface area contributed by atoms with Crippen LogP contribution in [0.4, 0.5) is 5.69 Å². The zero-order chi connectivity index (χ0) is 22.0. The number of nitro groups is 1. The molecule has 0 N–H and O–H groups in total. The number of hydrogen-bond donors (Lipinski definition) is 0. The van der Waals surface area contributed by atoms with Crippen molar-refractivity contribution in [2.24, 2.45) is 4.99 Å². The molecule has 1 aromatic carbocycles. The number of benzene rings is 1. The van der Waals surface area contributed by atoms with Gasteiger partial charge < -0.3 is 14.5 Å². The van der Waals surface area contributed by atoms with E-state index in [1.165, 1.54) is 31.0 Å². The summed E-state index contributed by atoms with van der Waals surface area (Å²) in [6.45, 7) is 4.20. The topological polar surface area (TPSA) is 105 Å². The minimum absolute atomic E-state index is 0.0462. The standard InChI is InChI=1S/C20H22N4O5S/c1-5-22(3)16(25)10-15-11-30-20-21-12(2)17(19(26)29-4)18(23(15)20)13-6-8-14(9-7-13)24(27)28/h6-9,11,18H,5,10H2,1-4H3. The van der Waals surface area contributed by atoms with Gasteiger partial charge in [-0.1, -0.05) is 11.8 Å². The van der Waals surface area contributed by atoms with Gasteiger partial charge >= 0.3 is 5.97 Å². The monoisotopic (exact) mass is 430 g/mol. The number of nitrogens with zero attached hydrogens (tertiary/aromatic N) is 4. The average molecular weight is 430 g/mol. The molecule has 0 fully saturated rings. The molecule has 0 saturated heterocycles. The van der Waals surface area contributed by atoms with E-state index in [4.69, 9.17) is 4.74 Å².